The number of aliphatic hydroxyl groups is 1. The number of carbonyl (C=O) groups is 17. The van der Waals surface area contributed by atoms with Crippen LogP contribution in [0.15, 0.2) is 91.1 Å². The van der Waals surface area contributed by atoms with E-state index in [2.05, 4.69) is 84.7 Å². The van der Waals surface area contributed by atoms with Gasteiger partial charge in [-0.15, -0.1) is 0 Å². The van der Waals surface area contributed by atoms with Gasteiger partial charge >= 0.3 is 6.03 Å². The highest BCUT2D eigenvalue weighted by Gasteiger charge is 2.48. The van der Waals surface area contributed by atoms with E-state index in [4.69, 9.17) is 39.1 Å². The largest absolute Gasteiger partial charge is 0.492 e. The summed E-state index contributed by atoms with van der Waals surface area (Å²) in [5.41, 5.74) is 33.7. The number of benzene rings is 4. The van der Waals surface area contributed by atoms with Crippen molar-refractivity contribution in [1.29, 1.82) is 0 Å². The smallest absolute Gasteiger partial charge is 0.312 e. The highest BCUT2D eigenvalue weighted by molar-refractivity contribution is 8.77. The summed E-state index contributed by atoms with van der Waals surface area (Å²) in [6.45, 7) is 17.6. The average Bonchev–Trinajstić information content (AvgIpc) is 1.35. The van der Waals surface area contributed by atoms with E-state index in [0.717, 1.165) is 51.8 Å². The van der Waals surface area contributed by atoms with Crippen LogP contribution in [0.2, 0.25) is 0 Å². The molecule has 0 radical (unpaired) electrons. The van der Waals surface area contributed by atoms with Gasteiger partial charge in [-0.25, -0.2) is 4.79 Å². The second-order valence-electron chi connectivity index (χ2n) is 35.3. The van der Waals surface area contributed by atoms with E-state index in [-0.39, 0.29) is 109 Å². The molecule has 13 atom stereocenters. The fourth-order valence-corrected chi connectivity index (χ4v) is 17.5. The Bertz CT molecular complexity index is 4940. The number of fused-ring (bicyclic) bond motifs is 2. The number of amides is 18. The molecular formula is C90H134N22O19S2. The van der Waals surface area contributed by atoms with Gasteiger partial charge < -0.3 is 129 Å². The van der Waals surface area contributed by atoms with Gasteiger partial charge in [-0.3, -0.25) is 76.7 Å². The van der Waals surface area contributed by atoms with Gasteiger partial charge in [-0.1, -0.05) is 107 Å². The highest BCUT2D eigenvalue weighted by atomic mass is 33.1. The molecule has 43 heteroatoms. The molecule has 41 nitrogen and oxygen atoms in total. The molecule has 1 aliphatic heterocycles. The van der Waals surface area contributed by atoms with Crippen LogP contribution in [0.5, 0.6) is 5.75 Å². The average molecular weight is 1890 g/mol. The maximum atomic E-state index is 16.4. The van der Waals surface area contributed by atoms with E-state index in [1.807, 2.05) is 31.2 Å². The molecule has 6 rings (SSSR count). The van der Waals surface area contributed by atoms with Crippen molar-refractivity contribution in [2.24, 2.45) is 34.4 Å². The molecular weight excluding hydrogens is 1760 g/mol. The summed E-state index contributed by atoms with van der Waals surface area (Å²) in [6.07, 6.45) is -1.49. The van der Waals surface area contributed by atoms with Gasteiger partial charge in [0.25, 0.3) is 0 Å². The number of H-pyrrole nitrogens is 1. The Labute approximate surface area is 781 Å². The van der Waals surface area contributed by atoms with Gasteiger partial charge in [0.05, 0.1) is 12.5 Å². The molecule has 0 spiro atoms. The van der Waals surface area contributed by atoms with Crippen LogP contribution in [-0.4, -0.2) is 243 Å². The quantitative estimate of drug-likeness (QED) is 0.0162. The zero-order valence-electron chi connectivity index (χ0n) is 77.5. The number of urea groups is 1. The Morgan fingerprint density at radius 1 is 0.564 bits per heavy atom. The van der Waals surface area contributed by atoms with Crippen molar-refractivity contribution < 1.29 is 91.4 Å². The van der Waals surface area contributed by atoms with E-state index < -0.39 is 201 Å². The molecule has 1 saturated heterocycles. The summed E-state index contributed by atoms with van der Waals surface area (Å²) in [5.74, 6) is -14.5. The fraction of sp³-hybridized carbons (Fsp3) is 0.544. The molecule has 0 saturated carbocycles. The number of carbonyl (C=O) groups excluding carboxylic acids is 17. The maximum Gasteiger partial charge on any atom is 0.312 e. The Morgan fingerprint density at radius 2 is 1.17 bits per heavy atom. The number of unbranched alkanes of at least 4 members (excludes halogenated alkanes) is 3. The summed E-state index contributed by atoms with van der Waals surface area (Å²) in [4.78, 5) is 247. The lowest BCUT2D eigenvalue weighted by atomic mass is 9.91. The summed E-state index contributed by atoms with van der Waals surface area (Å²) in [7, 11) is 1.78. The van der Waals surface area contributed by atoms with Crippen molar-refractivity contribution in [2.45, 2.75) is 273 Å². The Kier molecular flexibility index (Phi) is 42.6. The van der Waals surface area contributed by atoms with Gasteiger partial charge in [-0.05, 0) is 172 Å². The molecule has 0 bridgehead atoms. The van der Waals surface area contributed by atoms with Gasteiger partial charge in [0.2, 0.25) is 94.5 Å². The zero-order chi connectivity index (χ0) is 98.8. The van der Waals surface area contributed by atoms with Gasteiger partial charge in [0.1, 0.15) is 83.9 Å². The molecule has 1 aliphatic rings. The number of aliphatic hydroxyl groups excluding tert-OH is 1. The second-order valence-corrected chi connectivity index (χ2v) is 38.7. The van der Waals surface area contributed by atoms with Gasteiger partial charge in [-0.2, -0.15) is 0 Å². The van der Waals surface area contributed by atoms with Crippen LogP contribution in [-0.2, 0) is 96.0 Å². The molecule has 1 aromatic heterocycles. The van der Waals surface area contributed by atoms with Gasteiger partial charge in [0, 0.05) is 98.3 Å². The molecule has 18 amide bonds. The van der Waals surface area contributed by atoms with E-state index in [0.29, 0.717) is 52.6 Å². The third-order valence-electron chi connectivity index (χ3n) is 22.2. The normalized spacial score (nSPS) is 19.2. The third-order valence-corrected chi connectivity index (χ3v) is 26.4. The van der Waals surface area contributed by atoms with Crippen molar-refractivity contribution in [3.8, 4) is 5.75 Å². The Balaban J connectivity index is 1.53. The molecule has 0 aliphatic carbocycles. The number of ether oxygens (including phenoxy) is 1. The first kappa shape index (κ1) is 110. The number of para-hydroxylation sites is 1. The molecule has 1 fully saturated rings. The number of nitrogens with two attached hydrogens (primary N) is 6. The molecule has 29 N–H and O–H groups in total. The third kappa shape index (κ3) is 35.1. The van der Waals surface area contributed by atoms with Crippen molar-refractivity contribution in [2.75, 3.05) is 39.3 Å². The summed E-state index contributed by atoms with van der Waals surface area (Å²) in [5, 5.41) is 53.6. The first-order chi connectivity index (χ1) is 62.6. The number of rotatable bonds is 45. The summed E-state index contributed by atoms with van der Waals surface area (Å²) in [6, 6.07) is 5.55. The minimum atomic E-state index is -1.99. The second kappa shape index (κ2) is 51.7. The standard InChI is InChI=1S/C90H134N22O19S2/c1-49-22-20-25-60-58(48-100-70(49)60)46-66-77(121)102-61(27-21-39-99-86(96)130)75(119)110-73(89(10,11)133-132-88(8,9)72(101-53(5)115)82(126)107-67(47-69(95)117)78(122)109-71(51(3)113)81(125)105-66)83(127)106-64(44-54-29-32-59(33-30-54)131-41-37-92)76(120)104-65(45-55-28-31-56-23-15-16-24-57(56)43-55)80(124)112-90(12,35-17-18-36-91)85(129)108-62(26-14-13-19-38-97-52(4)114)74(118)103-63(42-50(2)93)79(123)111-87(6,7)84(128)98-40-34-68(94)116/h15-16,20,22-25,28-33,43,48,50-51,61-67,71-73,100,113H,13-14,17-19,21,26-27,34-42,44-47,91-93H2,1-12H3,(H2,94,116)(H2,95,117)(H,97,114)(H,98,128)(H,101,115)(H,102,121)(H,103,118)(H,104,120)(H,105,125)(H,106,127)(H,107,126)(H,108,129)(H,109,122)(H,110,119)(H,111,123)(H,112,124)(H3,96,99,130)/t50?,51-,61+,62+,63+,64+,65+,66+,67+,71+,72-,73-,90+/m1/s1. The summed E-state index contributed by atoms with van der Waals surface area (Å²) < 4.78 is 2.55. The van der Waals surface area contributed by atoms with E-state index in [1.165, 1.54) is 55.4 Å². The van der Waals surface area contributed by atoms with Crippen molar-refractivity contribution in [1.82, 2.24) is 84.7 Å². The van der Waals surface area contributed by atoms with Crippen LogP contribution in [0.4, 0.5) is 4.79 Å². The minimum Gasteiger partial charge on any atom is -0.492 e. The zero-order valence-corrected chi connectivity index (χ0v) is 79.1. The van der Waals surface area contributed by atoms with Crippen LogP contribution in [0.3, 0.4) is 0 Å². The Hall–Kier alpha value is -12.2. The molecule has 133 heavy (non-hydrogen) atoms. The molecule has 2 heterocycles. The first-order valence-corrected chi connectivity index (χ1v) is 46.5. The molecule has 1 unspecified atom stereocenters. The van der Waals surface area contributed by atoms with Crippen molar-refractivity contribution in [3.63, 3.8) is 0 Å². The number of hydrogen-bond acceptors (Lipinski definition) is 24. The SMILES string of the molecule is CC(=O)NCCCCC[C@H](NC(=O)[C@](C)(CCCCN)NC(=O)[C@H](Cc1ccc2ccccc2c1)NC(=O)[C@H](Cc1ccc(OCCN)cc1)NC(=O)[C@H]1NC(=O)[C@H](CCCNC(N)=O)NC(=O)[C@H](Cc2c[nH]c3c(C)cccc23)NC(=O)[C@H]([C@@H](C)O)NC(=O)[C@H](CC(N)=O)NC(=O)[C@@H](NC(C)=O)C(C)(C)SSC1(C)C)C(=O)N[C@@H](CC(C)N)C(=O)NC(C)(C)C(=O)NCCC(N)=O. The lowest BCUT2D eigenvalue weighted by molar-refractivity contribution is -0.138. The van der Waals surface area contributed by atoms with Crippen LogP contribution < -0.4 is 119 Å². The number of aromatic nitrogens is 1. The highest BCUT2D eigenvalue weighted by Crippen LogP contribution is 2.47. The van der Waals surface area contributed by atoms with Crippen molar-refractivity contribution >= 4 is 144 Å². The number of hydrogen-bond donors (Lipinski definition) is 23. The van der Waals surface area contributed by atoms with E-state index >= 15 is 28.8 Å². The number of aryl methyl sites for hydroxylation is 1. The topological polar surface area (TPSA) is 672 Å². The summed E-state index contributed by atoms with van der Waals surface area (Å²) >= 11 is 0. The lowest BCUT2D eigenvalue weighted by Gasteiger charge is -2.39. The molecule has 730 valence electrons. The van der Waals surface area contributed by atoms with E-state index in [1.54, 1.807) is 73.8 Å². The minimum absolute atomic E-state index is 0.0749. The molecule has 5 aromatic rings. The monoisotopic (exact) mass is 1890 g/mol. The maximum absolute atomic E-state index is 16.4. The van der Waals surface area contributed by atoms with Crippen LogP contribution in [0, 0.1) is 6.92 Å². The molecule has 4 aromatic carbocycles. The van der Waals surface area contributed by atoms with Crippen LogP contribution >= 0.6 is 21.6 Å². The number of nitrogens with one attached hydrogen (secondary N) is 16. The number of aromatic amines is 1. The Morgan fingerprint density at radius 3 is 1.81 bits per heavy atom. The van der Waals surface area contributed by atoms with Gasteiger partial charge in [0.15, 0.2) is 0 Å². The lowest BCUT2D eigenvalue weighted by Crippen LogP contribution is -2.65. The van der Waals surface area contributed by atoms with Crippen LogP contribution in [0.25, 0.3) is 21.7 Å². The fourth-order valence-electron chi connectivity index (χ4n) is 14.7. The predicted octanol–water partition coefficient (Wildman–Crippen LogP) is -1.16. The first-order valence-electron chi connectivity index (χ1n) is 44.3. The van der Waals surface area contributed by atoms with E-state index in [9.17, 15) is 57.8 Å². The van der Waals surface area contributed by atoms with Crippen molar-refractivity contribution in [3.05, 3.63) is 113 Å². The number of primary amides is 3. The van der Waals surface area contributed by atoms with Crippen LogP contribution in [0.1, 0.15) is 175 Å². The predicted molar refractivity (Wildman–Crippen MR) is 504 cm³/mol.